The number of imidazole rings is 1. The Morgan fingerprint density at radius 3 is 2.79 bits per heavy atom. The summed E-state index contributed by atoms with van der Waals surface area (Å²) in [6.45, 7) is 2.08. The van der Waals surface area contributed by atoms with Gasteiger partial charge < -0.3 is 9.14 Å². The number of methoxy groups -OCH3 is 1. The molecule has 3 heteroatoms. The highest BCUT2D eigenvalue weighted by atomic mass is 16.5. The van der Waals surface area contributed by atoms with Crippen molar-refractivity contribution in [2.75, 3.05) is 7.11 Å². The summed E-state index contributed by atoms with van der Waals surface area (Å²) in [7, 11) is 1.70. The average molecular weight is 252 g/mol. The van der Waals surface area contributed by atoms with E-state index in [1.54, 1.807) is 7.11 Å². The zero-order chi connectivity index (χ0) is 13.2. The van der Waals surface area contributed by atoms with Gasteiger partial charge in [-0.1, -0.05) is 24.3 Å². The molecular formula is C16H16N2O. The van der Waals surface area contributed by atoms with Crippen molar-refractivity contribution in [1.82, 2.24) is 9.38 Å². The molecule has 0 amide bonds. The summed E-state index contributed by atoms with van der Waals surface area (Å²) in [6.07, 6.45) is 4.95. The Labute approximate surface area is 112 Å². The molecule has 1 aromatic carbocycles. The van der Waals surface area contributed by atoms with Crippen LogP contribution in [0.4, 0.5) is 0 Å². The van der Waals surface area contributed by atoms with Gasteiger partial charge in [-0.05, 0) is 24.6 Å². The van der Waals surface area contributed by atoms with E-state index < -0.39 is 0 Å². The Kier molecular flexibility index (Phi) is 2.95. The molecule has 3 rings (SSSR count). The van der Waals surface area contributed by atoms with E-state index in [0.29, 0.717) is 0 Å². The number of aryl methyl sites for hydroxylation is 1. The van der Waals surface area contributed by atoms with Crippen LogP contribution in [0, 0.1) is 6.92 Å². The quantitative estimate of drug-likeness (QED) is 0.715. The van der Waals surface area contributed by atoms with Crippen LogP contribution < -0.4 is 4.74 Å². The van der Waals surface area contributed by atoms with E-state index in [4.69, 9.17) is 4.74 Å². The van der Waals surface area contributed by atoms with Gasteiger partial charge >= 0.3 is 0 Å². The second-order valence-electron chi connectivity index (χ2n) is 4.69. The highest BCUT2D eigenvalue weighted by Gasteiger charge is 2.06. The van der Waals surface area contributed by atoms with E-state index in [1.165, 1.54) is 5.56 Å². The number of para-hydroxylation sites is 1. The van der Waals surface area contributed by atoms with E-state index in [2.05, 4.69) is 40.8 Å². The van der Waals surface area contributed by atoms with E-state index in [0.717, 1.165) is 29.1 Å². The lowest BCUT2D eigenvalue weighted by atomic mass is 10.1. The molecule has 0 fully saturated rings. The highest BCUT2D eigenvalue weighted by Crippen LogP contribution is 2.20. The van der Waals surface area contributed by atoms with Gasteiger partial charge in [0.05, 0.1) is 12.8 Å². The lowest BCUT2D eigenvalue weighted by molar-refractivity contribution is 0.410. The number of hydrogen-bond donors (Lipinski definition) is 0. The SMILES string of the molecule is COc1ccccc1Cc1cn2cc(C)ccc2n1. The van der Waals surface area contributed by atoms with Crippen LogP contribution in [0.15, 0.2) is 48.8 Å². The number of ether oxygens (including phenoxy) is 1. The van der Waals surface area contributed by atoms with Gasteiger partial charge in [0.25, 0.3) is 0 Å². The van der Waals surface area contributed by atoms with Crippen molar-refractivity contribution in [3.8, 4) is 5.75 Å². The molecule has 0 spiro atoms. The van der Waals surface area contributed by atoms with Crippen LogP contribution in [0.5, 0.6) is 5.75 Å². The van der Waals surface area contributed by atoms with Crippen LogP contribution in [0.2, 0.25) is 0 Å². The fraction of sp³-hybridized carbons (Fsp3) is 0.188. The lowest BCUT2D eigenvalue weighted by Crippen LogP contribution is -1.93. The van der Waals surface area contributed by atoms with Crippen molar-refractivity contribution in [3.63, 3.8) is 0 Å². The minimum atomic E-state index is 0.782. The molecule has 0 unspecified atom stereocenters. The molecule has 0 aliphatic heterocycles. The number of aromatic nitrogens is 2. The van der Waals surface area contributed by atoms with Crippen molar-refractivity contribution in [1.29, 1.82) is 0 Å². The molecule has 2 aromatic heterocycles. The molecule has 0 atom stereocenters. The molecule has 3 aromatic rings. The number of pyridine rings is 1. The van der Waals surface area contributed by atoms with E-state index in [1.807, 2.05) is 24.3 Å². The summed E-state index contributed by atoms with van der Waals surface area (Å²) in [6, 6.07) is 12.2. The van der Waals surface area contributed by atoms with Crippen LogP contribution in [0.25, 0.3) is 5.65 Å². The maximum atomic E-state index is 5.38. The standard InChI is InChI=1S/C16H16N2O/c1-12-7-8-16-17-14(11-18(16)10-12)9-13-5-3-4-6-15(13)19-2/h3-8,10-11H,9H2,1-2H3. The van der Waals surface area contributed by atoms with Gasteiger partial charge in [-0.15, -0.1) is 0 Å². The summed E-state index contributed by atoms with van der Waals surface area (Å²) in [5.74, 6) is 0.913. The first-order valence-corrected chi connectivity index (χ1v) is 6.32. The maximum Gasteiger partial charge on any atom is 0.137 e. The maximum absolute atomic E-state index is 5.38. The smallest absolute Gasteiger partial charge is 0.137 e. The molecule has 3 nitrogen and oxygen atoms in total. The molecule has 0 aliphatic carbocycles. The predicted octanol–water partition coefficient (Wildman–Crippen LogP) is 3.24. The van der Waals surface area contributed by atoms with Crippen LogP contribution in [0.1, 0.15) is 16.8 Å². The van der Waals surface area contributed by atoms with Gasteiger partial charge in [-0.3, -0.25) is 0 Å². The second-order valence-corrected chi connectivity index (χ2v) is 4.69. The van der Waals surface area contributed by atoms with E-state index in [9.17, 15) is 0 Å². The van der Waals surface area contributed by atoms with Gasteiger partial charge in [-0.2, -0.15) is 0 Å². The normalized spacial score (nSPS) is 10.8. The molecular weight excluding hydrogens is 236 g/mol. The Morgan fingerprint density at radius 2 is 1.95 bits per heavy atom. The Balaban J connectivity index is 1.96. The molecule has 0 aliphatic rings. The topological polar surface area (TPSA) is 26.5 Å². The van der Waals surface area contributed by atoms with Gasteiger partial charge in [-0.25, -0.2) is 4.98 Å². The average Bonchev–Trinajstić information content (AvgIpc) is 2.80. The van der Waals surface area contributed by atoms with Crippen LogP contribution in [-0.2, 0) is 6.42 Å². The zero-order valence-electron chi connectivity index (χ0n) is 11.1. The van der Waals surface area contributed by atoms with Crippen molar-refractivity contribution in [3.05, 3.63) is 65.6 Å². The van der Waals surface area contributed by atoms with Gasteiger partial charge in [0.15, 0.2) is 0 Å². The van der Waals surface area contributed by atoms with Crippen LogP contribution in [0.3, 0.4) is 0 Å². The Bertz CT molecular complexity index is 716. The van der Waals surface area contributed by atoms with Crippen molar-refractivity contribution in [2.45, 2.75) is 13.3 Å². The number of nitrogens with zero attached hydrogens (tertiary/aromatic N) is 2. The molecule has 2 heterocycles. The largest absolute Gasteiger partial charge is 0.496 e. The molecule has 0 radical (unpaired) electrons. The van der Waals surface area contributed by atoms with Crippen LogP contribution >= 0.6 is 0 Å². The number of benzene rings is 1. The molecule has 0 saturated carbocycles. The van der Waals surface area contributed by atoms with Gasteiger partial charge in [0.2, 0.25) is 0 Å². The first-order chi connectivity index (χ1) is 9.26. The summed E-state index contributed by atoms with van der Waals surface area (Å²) in [5, 5.41) is 0. The minimum absolute atomic E-state index is 0.782. The Morgan fingerprint density at radius 1 is 1.11 bits per heavy atom. The minimum Gasteiger partial charge on any atom is -0.496 e. The molecule has 96 valence electrons. The fourth-order valence-corrected chi connectivity index (χ4v) is 2.28. The molecule has 0 saturated heterocycles. The molecule has 0 bridgehead atoms. The second kappa shape index (κ2) is 4.76. The summed E-state index contributed by atoms with van der Waals surface area (Å²) in [4.78, 5) is 4.63. The number of fused-ring (bicyclic) bond motifs is 1. The summed E-state index contributed by atoms with van der Waals surface area (Å²) >= 11 is 0. The van der Waals surface area contributed by atoms with Gasteiger partial charge in [0, 0.05) is 24.4 Å². The lowest BCUT2D eigenvalue weighted by Gasteiger charge is -2.05. The monoisotopic (exact) mass is 252 g/mol. The number of hydrogen-bond acceptors (Lipinski definition) is 2. The molecule has 0 N–H and O–H groups in total. The van der Waals surface area contributed by atoms with Crippen molar-refractivity contribution < 1.29 is 4.74 Å². The summed E-state index contributed by atoms with van der Waals surface area (Å²) < 4.78 is 7.45. The van der Waals surface area contributed by atoms with E-state index in [-0.39, 0.29) is 0 Å². The first-order valence-electron chi connectivity index (χ1n) is 6.32. The number of rotatable bonds is 3. The third kappa shape index (κ3) is 2.32. The van der Waals surface area contributed by atoms with Crippen LogP contribution in [-0.4, -0.2) is 16.5 Å². The van der Waals surface area contributed by atoms with Crippen molar-refractivity contribution >= 4 is 5.65 Å². The zero-order valence-corrected chi connectivity index (χ0v) is 11.1. The predicted molar refractivity (Wildman–Crippen MR) is 75.7 cm³/mol. The third-order valence-corrected chi connectivity index (χ3v) is 3.21. The fourth-order valence-electron chi connectivity index (χ4n) is 2.28. The highest BCUT2D eigenvalue weighted by molar-refractivity contribution is 5.43. The van der Waals surface area contributed by atoms with Gasteiger partial charge in [0.1, 0.15) is 11.4 Å². The summed E-state index contributed by atoms with van der Waals surface area (Å²) in [5.41, 5.74) is 4.42. The van der Waals surface area contributed by atoms with Crippen molar-refractivity contribution in [2.24, 2.45) is 0 Å². The molecule has 19 heavy (non-hydrogen) atoms. The first kappa shape index (κ1) is 11.8. The third-order valence-electron chi connectivity index (χ3n) is 3.21. The Hall–Kier alpha value is -2.29. The van der Waals surface area contributed by atoms with E-state index >= 15 is 0 Å².